The highest BCUT2D eigenvalue weighted by molar-refractivity contribution is 5.78. The summed E-state index contributed by atoms with van der Waals surface area (Å²) < 4.78 is 0. The number of likely N-dealkylation sites (N-methyl/N-ethyl adjacent to an activating group) is 1. The number of hydrogen-bond acceptors (Lipinski definition) is 3. The molecule has 0 aliphatic rings. The Morgan fingerprint density at radius 2 is 2.07 bits per heavy atom. The molecule has 90 valence electrons. The smallest absolute Gasteiger partial charge is 0.234 e. The monoisotopic (exact) mass is 215 g/mol. The van der Waals surface area contributed by atoms with E-state index in [0.29, 0.717) is 13.1 Å². The molecule has 0 aliphatic heterocycles. The lowest BCUT2D eigenvalue weighted by Crippen LogP contribution is -2.52. The summed E-state index contributed by atoms with van der Waals surface area (Å²) >= 11 is 0. The Kier molecular flexibility index (Phi) is 5.83. The summed E-state index contributed by atoms with van der Waals surface area (Å²) in [6.45, 7) is 9.05. The maximum atomic E-state index is 11.5. The van der Waals surface area contributed by atoms with Crippen molar-refractivity contribution in [3.8, 4) is 0 Å². The molecule has 0 saturated carbocycles. The predicted octanol–water partition coefficient (Wildman–Crippen LogP) is 0.570. The van der Waals surface area contributed by atoms with Gasteiger partial charge in [-0.1, -0.05) is 6.92 Å². The molecule has 15 heavy (non-hydrogen) atoms. The second kappa shape index (κ2) is 6.08. The number of nitrogens with two attached hydrogens (primary N) is 1. The molecule has 3 N–H and O–H groups in total. The third-order valence-electron chi connectivity index (χ3n) is 2.95. The van der Waals surface area contributed by atoms with Gasteiger partial charge in [-0.2, -0.15) is 0 Å². The first kappa shape index (κ1) is 14.4. The fourth-order valence-electron chi connectivity index (χ4n) is 1.34. The number of nitrogens with zero attached hydrogens (tertiary/aromatic N) is 1. The van der Waals surface area contributed by atoms with Crippen molar-refractivity contribution in [2.24, 2.45) is 5.73 Å². The summed E-state index contributed by atoms with van der Waals surface area (Å²) in [5.41, 5.74) is 5.63. The van der Waals surface area contributed by atoms with Crippen LogP contribution in [0, 0.1) is 0 Å². The number of hydrogen-bond donors (Lipinski definition) is 2. The first-order chi connectivity index (χ1) is 6.85. The van der Waals surface area contributed by atoms with Crippen LogP contribution in [0.4, 0.5) is 0 Å². The van der Waals surface area contributed by atoms with E-state index in [2.05, 4.69) is 19.2 Å². The first-order valence-corrected chi connectivity index (χ1v) is 5.56. The standard InChI is InChI=1S/C11H25N3O/c1-6-11(4,8-12)14(5)7-10(15)13-9(2)3/h9H,6-8,12H2,1-5H3,(H,13,15). The Morgan fingerprint density at radius 1 is 1.53 bits per heavy atom. The quantitative estimate of drug-likeness (QED) is 0.681. The molecule has 1 unspecified atom stereocenters. The van der Waals surface area contributed by atoms with Gasteiger partial charge in [0.2, 0.25) is 5.91 Å². The molecule has 0 radical (unpaired) electrons. The van der Waals surface area contributed by atoms with E-state index in [1.165, 1.54) is 0 Å². The molecule has 4 nitrogen and oxygen atoms in total. The van der Waals surface area contributed by atoms with Gasteiger partial charge < -0.3 is 11.1 Å². The minimum absolute atomic E-state index is 0.0561. The lowest BCUT2D eigenvalue weighted by atomic mass is 9.97. The highest BCUT2D eigenvalue weighted by Gasteiger charge is 2.26. The summed E-state index contributed by atoms with van der Waals surface area (Å²) in [5, 5.41) is 2.87. The van der Waals surface area contributed by atoms with Crippen molar-refractivity contribution in [1.29, 1.82) is 0 Å². The van der Waals surface area contributed by atoms with Crippen molar-refractivity contribution in [2.75, 3.05) is 20.1 Å². The Hall–Kier alpha value is -0.610. The molecule has 0 saturated heterocycles. The van der Waals surface area contributed by atoms with E-state index in [1.807, 2.05) is 25.8 Å². The zero-order valence-corrected chi connectivity index (χ0v) is 10.6. The Bertz CT molecular complexity index is 200. The molecule has 0 aliphatic carbocycles. The van der Waals surface area contributed by atoms with Crippen LogP contribution in [0.1, 0.15) is 34.1 Å². The SMILES string of the molecule is CCC(C)(CN)N(C)CC(=O)NC(C)C. The maximum absolute atomic E-state index is 11.5. The largest absolute Gasteiger partial charge is 0.353 e. The van der Waals surface area contributed by atoms with E-state index in [9.17, 15) is 4.79 Å². The predicted molar refractivity (Wildman–Crippen MR) is 63.7 cm³/mol. The van der Waals surface area contributed by atoms with Gasteiger partial charge in [0.05, 0.1) is 6.54 Å². The fraction of sp³-hybridized carbons (Fsp3) is 0.909. The van der Waals surface area contributed by atoms with Crippen LogP contribution in [-0.4, -0.2) is 42.5 Å². The zero-order chi connectivity index (χ0) is 12.1. The third-order valence-corrected chi connectivity index (χ3v) is 2.95. The van der Waals surface area contributed by atoms with Gasteiger partial charge in [0.25, 0.3) is 0 Å². The second-order valence-electron chi connectivity index (χ2n) is 4.63. The molecule has 0 fully saturated rings. The zero-order valence-electron chi connectivity index (χ0n) is 10.6. The topological polar surface area (TPSA) is 58.4 Å². The van der Waals surface area contributed by atoms with E-state index in [1.54, 1.807) is 0 Å². The average molecular weight is 215 g/mol. The van der Waals surface area contributed by atoms with Gasteiger partial charge in [0.1, 0.15) is 0 Å². The third kappa shape index (κ3) is 4.62. The van der Waals surface area contributed by atoms with Crippen LogP contribution in [0.3, 0.4) is 0 Å². The molecule has 1 amide bonds. The molecule has 0 heterocycles. The van der Waals surface area contributed by atoms with Gasteiger partial charge in [-0.15, -0.1) is 0 Å². The van der Waals surface area contributed by atoms with E-state index >= 15 is 0 Å². The van der Waals surface area contributed by atoms with Crippen molar-refractivity contribution in [2.45, 2.75) is 45.7 Å². The number of nitrogens with one attached hydrogen (secondary N) is 1. The van der Waals surface area contributed by atoms with Gasteiger partial charge >= 0.3 is 0 Å². The second-order valence-corrected chi connectivity index (χ2v) is 4.63. The minimum Gasteiger partial charge on any atom is -0.353 e. The summed E-state index contributed by atoms with van der Waals surface area (Å²) in [6.07, 6.45) is 0.939. The number of rotatable bonds is 6. The number of carbonyl (C=O) groups is 1. The molecule has 0 spiro atoms. The average Bonchev–Trinajstić information content (AvgIpc) is 2.15. The van der Waals surface area contributed by atoms with Crippen LogP contribution in [0.25, 0.3) is 0 Å². The van der Waals surface area contributed by atoms with Crippen molar-refractivity contribution in [3.05, 3.63) is 0 Å². The molecule has 0 bridgehead atoms. The lowest BCUT2D eigenvalue weighted by molar-refractivity contribution is -0.123. The molecule has 0 aromatic rings. The van der Waals surface area contributed by atoms with Gasteiger partial charge in [0.15, 0.2) is 0 Å². The van der Waals surface area contributed by atoms with Gasteiger partial charge in [-0.25, -0.2) is 0 Å². The van der Waals surface area contributed by atoms with Crippen LogP contribution in [-0.2, 0) is 4.79 Å². The highest BCUT2D eigenvalue weighted by Crippen LogP contribution is 2.15. The fourth-order valence-corrected chi connectivity index (χ4v) is 1.34. The summed E-state index contributed by atoms with van der Waals surface area (Å²) in [6, 6.07) is 0.191. The van der Waals surface area contributed by atoms with Crippen LogP contribution < -0.4 is 11.1 Å². The molecule has 0 aromatic heterocycles. The van der Waals surface area contributed by atoms with E-state index in [0.717, 1.165) is 6.42 Å². The Balaban J connectivity index is 4.22. The summed E-state index contributed by atoms with van der Waals surface area (Å²) in [7, 11) is 1.94. The number of carbonyl (C=O) groups excluding carboxylic acids is 1. The summed E-state index contributed by atoms with van der Waals surface area (Å²) in [5.74, 6) is 0.0561. The molecule has 0 rings (SSSR count). The Morgan fingerprint density at radius 3 is 2.40 bits per heavy atom. The van der Waals surface area contributed by atoms with Crippen molar-refractivity contribution < 1.29 is 4.79 Å². The van der Waals surface area contributed by atoms with E-state index < -0.39 is 0 Å². The number of amides is 1. The van der Waals surface area contributed by atoms with Crippen molar-refractivity contribution in [1.82, 2.24) is 10.2 Å². The molecular formula is C11H25N3O. The normalized spacial score (nSPS) is 15.5. The Labute approximate surface area is 93.2 Å². The van der Waals surface area contributed by atoms with E-state index in [4.69, 9.17) is 5.73 Å². The van der Waals surface area contributed by atoms with Crippen LogP contribution in [0.15, 0.2) is 0 Å². The van der Waals surface area contributed by atoms with Crippen LogP contribution in [0.5, 0.6) is 0 Å². The van der Waals surface area contributed by atoms with Gasteiger partial charge in [-0.3, -0.25) is 9.69 Å². The molecule has 0 aromatic carbocycles. The van der Waals surface area contributed by atoms with Crippen LogP contribution in [0.2, 0.25) is 0 Å². The highest BCUT2D eigenvalue weighted by atomic mass is 16.2. The first-order valence-electron chi connectivity index (χ1n) is 5.56. The molecule has 4 heteroatoms. The molecular weight excluding hydrogens is 190 g/mol. The molecule has 1 atom stereocenters. The van der Waals surface area contributed by atoms with Crippen molar-refractivity contribution in [3.63, 3.8) is 0 Å². The maximum Gasteiger partial charge on any atom is 0.234 e. The minimum atomic E-state index is -0.0890. The van der Waals surface area contributed by atoms with Gasteiger partial charge in [-0.05, 0) is 34.2 Å². The van der Waals surface area contributed by atoms with E-state index in [-0.39, 0.29) is 17.5 Å². The van der Waals surface area contributed by atoms with Crippen molar-refractivity contribution >= 4 is 5.91 Å². The van der Waals surface area contributed by atoms with Gasteiger partial charge in [0, 0.05) is 18.1 Å². The lowest BCUT2D eigenvalue weighted by Gasteiger charge is -2.36. The van der Waals surface area contributed by atoms with Crippen LogP contribution >= 0.6 is 0 Å². The summed E-state index contributed by atoms with van der Waals surface area (Å²) in [4.78, 5) is 13.6.